The summed E-state index contributed by atoms with van der Waals surface area (Å²) in [6, 6.07) is 20.0. The molecule has 0 atom stereocenters. The number of piperidine rings is 1. The van der Waals surface area contributed by atoms with E-state index in [4.69, 9.17) is 0 Å². The lowest BCUT2D eigenvalue weighted by Crippen LogP contribution is -2.48. The monoisotopic (exact) mass is 492 g/mol. The number of halogens is 1. The van der Waals surface area contributed by atoms with E-state index in [0.717, 1.165) is 51.4 Å². The van der Waals surface area contributed by atoms with Crippen molar-refractivity contribution < 1.29 is 0 Å². The van der Waals surface area contributed by atoms with Gasteiger partial charge in [-0.05, 0) is 37.3 Å². The molecule has 152 valence electrons. The Morgan fingerprint density at radius 2 is 1.75 bits per heavy atom. The molecule has 1 saturated heterocycles. The van der Waals surface area contributed by atoms with E-state index in [1.165, 1.54) is 16.7 Å². The van der Waals surface area contributed by atoms with Gasteiger partial charge in [-0.3, -0.25) is 9.89 Å². The molecule has 0 aromatic heterocycles. The Balaban J connectivity index is 0.00000280. The van der Waals surface area contributed by atoms with Crippen LogP contribution >= 0.6 is 24.0 Å². The van der Waals surface area contributed by atoms with E-state index < -0.39 is 0 Å². The second-order valence-corrected chi connectivity index (χ2v) is 7.42. The highest BCUT2D eigenvalue weighted by Crippen LogP contribution is 2.13. The topological polar surface area (TPSA) is 39.7 Å². The second kappa shape index (κ2) is 12.1. The van der Waals surface area contributed by atoms with Gasteiger partial charge in [-0.1, -0.05) is 60.2 Å². The minimum atomic E-state index is 0. The van der Waals surface area contributed by atoms with Gasteiger partial charge in [-0.2, -0.15) is 0 Å². The Morgan fingerprint density at radius 1 is 1.04 bits per heavy atom. The van der Waals surface area contributed by atoms with Crippen LogP contribution in [0.15, 0.2) is 59.6 Å². The Morgan fingerprint density at radius 3 is 2.43 bits per heavy atom. The van der Waals surface area contributed by atoms with Gasteiger partial charge >= 0.3 is 0 Å². The number of nitrogens with one attached hydrogen (secondary N) is 2. The number of benzene rings is 2. The standard InChI is InChI=1S/C23H32N4.HI/c1-19-7-6-10-20(17-19)11-14-25-23(24-2)26-22-12-15-27(16-13-22)18-21-8-4-3-5-9-21;/h3-10,17,22H,11-16,18H2,1-2H3,(H2,24,25,26);1H. The van der Waals surface area contributed by atoms with Crippen LogP contribution in [-0.4, -0.2) is 43.6 Å². The molecular formula is C23H33IN4. The van der Waals surface area contributed by atoms with Crippen molar-refractivity contribution in [3.8, 4) is 0 Å². The summed E-state index contributed by atoms with van der Waals surface area (Å²) in [6.45, 7) is 6.36. The average Bonchev–Trinajstić information content (AvgIpc) is 2.69. The van der Waals surface area contributed by atoms with Gasteiger partial charge in [-0.15, -0.1) is 24.0 Å². The fraction of sp³-hybridized carbons (Fsp3) is 0.435. The van der Waals surface area contributed by atoms with Crippen LogP contribution in [0.25, 0.3) is 0 Å². The van der Waals surface area contributed by atoms with Crippen molar-refractivity contribution in [1.29, 1.82) is 0 Å². The third-order valence-electron chi connectivity index (χ3n) is 5.19. The summed E-state index contributed by atoms with van der Waals surface area (Å²) in [4.78, 5) is 6.94. The largest absolute Gasteiger partial charge is 0.356 e. The first-order valence-corrected chi connectivity index (χ1v) is 10.0. The summed E-state index contributed by atoms with van der Waals surface area (Å²) in [7, 11) is 1.85. The molecule has 3 rings (SSSR count). The minimum Gasteiger partial charge on any atom is -0.356 e. The van der Waals surface area contributed by atoms with Gasteiger partial charge in [0.2, 0.25) is 0 Å². The fourth-order valence-electron chi connectivity index (χ4n) is 3.66. The quantitative estimate of drug-likeness (QED) is 0.364. The molecule has 1 aliphatic heterocycles. The molecule has 0 spiro atoms. The van der Waals surface area contributed by atoms with E-state index in [2.05, 4.69) is 82.0 Å². The van der Waals surface area contributed by atoms with Gasteiger partial charge in [0.1, 0.15) is 0 Å². The molecule has 0 aliphatic carbocycles. The zero-order chi connectivity index (χ0) is 18.9. The number of guanidine groups is 1. The Kier molecular flexibility index (Phi) is 9.78. The highest BCUT2D eigenvalue weighted by atomic mass is 127. The van der Waals surface area contributed by atoms with Gasteiger partial charge in [-0.25, -0.2) is 0 Å². The van der Waals surface area contributed by atoms with Crippen molar-refractivity contribution in [3.63, 3.8) is 0 Å². The maximum Gasteiger partial charge on any atom is 0.191 e. The molecule has 4 nitrogen and oxygen atoms in total. The molecule has 0 radical (unpaired) electrons. The van der Waals surface area contributed by atoms with E-state index >= 15 is 0 Å². The predicted octanol–water partition coefficient (Wildman–Crippen LogP) is 3.99. The van der Waals surface area contributed by atoms with Crippen molar-refractivity contribution in [2.75, 3.05) is 26.7 Å². The lowest BCUT2D eigenvalue weighted by molar-refractivity contribution is 0.198. The molecule has 0 bridgehead atoms. The molecule has 5 heteroatoms. The van der Waals surface area contributed by atoms with Crippen LogP contribution in [0.5, 0.6) is 0 Å². The van der Waals surface area contributed by atoms with E-state index in [1.54, 1.807) is 0 Å². The van der Waals surface area contributed by atoms with Crippen molar-refractivity contribution >= 4 is 29.9 Å². The molecule has 2 aromatic rings. The van der Waals surface area contributed by atoms with Crippen molar-refractivity contribution in [2.24, 2.45) is 4.99 Å². The molecule has 1 aliphatic rings. The number of hydrogen-bond acceptors (Lipinski definition) is 2. The van der Waals surface area contributed by atoms with Crippen molar-refractivity contribution in [3.05, 3.63) is 71.3 Å². The third-order valence-corrected chi connectivity index (χ3v) is 5.19. The fourth-order valence-corrected chi connectivity index (χ4v) is 3.66. The molecule has 1 fully saturated rings. The summed E-state index contributed by atoms with van der Waals surface area (Å²) in [5.41, 5.74) is 4.09. The zero-order valence-corrected chi connectivity index (χ0v) is 19.4. The maximum atomic E-state index is 4.40. The van der Waals surface area contributed by atoms with Crippen LogP contribution in [-0.2, 0) is 13.0 Å². The molecule has 2 N–H and O–H groups in total. The van der Waals surface area contributed by atoms with Crippen LogP contribution in [0.1, 0.15) is 29.5 Å². The van der Waals surface area contributed by atoms with Crippen molar-refractivity contribution in [1.82, 2.24) is 15.5 Å². The van der Waals surface area contributed by atoms with Crippen LogP contribution in [0, 0.1) is 6.92 Å². The van der Waals surface area contributed by atoms with Gasteiger partial charge in [0.15, 0.2) is 5.96 Å². The molecular weight excluding hydrogens is 459 g/mol. The van der Waals surface area contributed by atoms with Crippen molar-refractivity contribution in [2.45, 2.75) is 38.8 Å². The summed E-state index contributed by atoms with van der Waals surface area (Å²) >= 11 is 0. The van der Waals surface area contributed by atoms with E-state index in [-0.39, 0.29) is 24.0 Å². The molecule has 0 amide bonds. The summed E-state index contributed by atoms with van der Waals surface area (Å²) < 4.78 is 0. The van der Waals surface area contributed by atoms with E-state index in [9.17, 15) is 0 Å². The Labute approximate surface area is 186 Å². The number of rotatable bonds is 6. The smallest absolute Gasteiger partial charge is 0.191 e. The zero-order valence-electron chi connectivity index (χ0n) is 17.0. The van der Waals surface area contributed by atoms with Gasteiger partial charge in [0, 0.05) is 39.3 Å². The summed E-state index contributed by atoms with van der Waals surface area (Å²) in [5.74, 6) is 0.921. The number of likely N-dealkylation sites (tertiary alicyclic amines) is 1. The highest BCUT2D eigenvalue weighted by Gasteiger charge is 2.19. The molecule has 0 unspecified atom stereocenters. The third kappa shape index (κ3) is 7.43. The molecule has 1 heterocycles. The number of nitrogens with zero attached hydrogens (tertiary/aromatic N) is 2. The molecule has 2 aromatic carbocycles. The normalized spacial score (nSPS) is 15.7. The number of aliphatic imine (C=N–C) groups is 1. The lowest BCUT2D eigenvalue weighted by Gasteiger charge is -2.33. The van der Waals surface area contributed by atoms with E-state index in [1.807, 2.05) is 7.05 Å². The van der Waals surface area contributed by atoms with Gasteiger partial charge in [0.25, 0.3) is 0 Å². The number of hydrogen-bond donors (Lipinski definition) is 2. The Bertz CT molecular complexity index is 724. The maximum absolute atomic E-state index is 4.40. The van der Waals surface area contributed by atoms with Crippen LogP contribution in [0.2, 0.25) is 0 Å². The Hall–Kier alpha value is -1.60. The SMILES string of the molecule is CN=C(NCCc1cccc(C)c1)NC1CCN(Cc2ccccc2)CC1.I. The minimum absolute atomic E-state index is 0. The van der Waals surface area contributed by atoms with Gasteiger partial charge < -0.3 is 10.6 Å². The number of aryl methyl sites for hydroxylation is 1. The lowest BCUT2D eigenvalue weighted by atomic mass is 10.0. The first-order chi connectivity index (χ1) is 13.2. The predicted molar refractivity (Wildman–Crippen MR) is 130 cm³/mol. The molecule has 28 heavy (non-hydrogen) atoms. The first kappa shape index (κ1) is 22.7. The van der Waals surface area contributed by atoms with Crippen LogP contribution in [0.4, 0.5) is 0 Å². The first-order valence-electron chi connectivity index (χ1n) is 10.0. The molecule has 0 saturated carbocycles. The summed E-state index contributed by atoms with van der Waals surface area (Å²) in [5, 5.41) is 7.06. The van der Waals surface area contributed by atoms with Crippen LogP contribution < -0.4 is 10.6 Å². The second-order valence-electron chi connectivity index (χ2n) is 7.42. The van der Waals surface area contributed by atoms with Crippen LogP contribution in [0.3, 0.4) is 0 Å². The van der Waals surface area contributed by atoms with E-state index in [0.29, 0.717) is 6.04 Å². The summed E-state index contributed by atoms with van der Waals surface area (Å²) in [6.07, 6.45) is 3.33. The van der Waals surface area contributed by atoms with Gasteiger partial charge in [0.05, 0.1) is 0 Å². The average molecular weight is 492 g/mol. The highest BCUT2D eigenvalue weighted by molar-refractivity contribution is 14.0.